The first kappa shape index (κ1) is 21.9. The number of rotatable bonds is 5. The van der Waals surface area contributed by atoms with Gasteiger partial charge in [-0.2, -0.15) is 0 Å². The molecule has 7 heteroatoms. The maximum atomic E-state index is 13.3. The van der Waals surface area contributed by atoms with Crippen LogP contribution in [0.5, 0.6) is 0 Å². The van der Waals surface area contributed by atoms with E-state index in [0.29, 0.717) is 6.54 Å². The maximum Gasteiger partial charge on any atom is 0.407 e. The largest absolute Gasteiger partial charge is 0.453 e. The highest BCUT2D eigenvalue weighted by molar-refractivity contribution is 5.97. The van der Waals surface area contributed by atoms with E-state index in [2.05, 4.69) is 41.5 Å². The molecule has 168 valence electrons. The number of likely N-dealkylation sites (tertiary alicyclic amines) is 1. The molecule has 0 bridgehead atoms. The zero-order chi connectivity index (χ0) is 22.8. The summed E-state index contributed by atoms with van der Waals surface area (Å²) in [6.45, 7) is 6.57. The number of benzene rings is 2. The first-order valence-corrected chi connectivity index (χ1v) is 11.1. The second kappa shape index (κ2) is 9.02. The van der Waals surface area contributed by atoms with Gasteiger partial charge in [0.05, 0.1) is 18.8 Å². The van der Waals surface area contributed by atoms with Gasteiger partial charge in [-0.25, -0.2) is 9.78 Å². The van der Waals surface area contributed by atoms with Crippen molar-refractivity contribution in [2.45, 2.75) is 45.7 Å². The molecule has 2 atom stereocenters. The van der Waals surface area contributed by atoms with Crippen LogP contribution in [-0.4, -0.2) is 46.6 Å². The molecule has 32 heavy (non-hydrogen) atoms. The third-order valence-electron chi connectivity index (χ3n) is 6.26. The van der Waals surface area contributed by atoms with Gasteiger partial charge < -0.3 is 19.9 Å². The second-order valence-electron chi connectivity index (χ2n) is 8.69. The smallest absolute Gasteiger partial charge is 0.407 e. The molecule has 1 fully saturated rings. The number of amides is 2. The summed E-state index contributed by atoms with van der Waals surface area (Å²) in [7, 11) is 1.30. The van der Waals surface area contributed by atoms with Crippen molar-refractivity contribution in [2.75, 3.05) is 13.7 Å². The molecule has 3 aromatic rings. The minimum atomic E-state index is -0.640. The van der Waals surface area contributed by atoms with Gasteiger partial charge in [-0.1, -0.05) is 50.2 Å². The summed E-state index contributed by atoms with van der Waals surface area (Å²) in [4.78, 5) is 35.1. The molecular formula is C25H30N4O3. The predicted octanol–water partition coefficient (Wildman–Crippen LogP) is 4.58. The number of ether oxygens (including phenoxy) is 1. The average molecular weight is 435 g/mol. The van der Waals surface area contributed by atoms with Crippen molar-refractivity contribution in [3.05, 3.63) is 54.0 Å². The number of nitrogens with one attached hydrogen (secondary N) is 2. The van der Waals surface area contributed by atoms with Crippen LogP contribution in [0.1, 0.15) is 44.1 Å². The van der Waals surface area contributed by atoms with Gasteiger partial charge in [0.1, 0.15) is 11.9 Å². The summed E-state index contributed by atoms with van der Waals surface area (Å²) < 4.78 is 4.71. The Balaban J connectivity index is 1.62. The van der Waals surface area contributed by atoms with E-state index in [1.807, 2.05) is 37.1 Å². The van der Waals surface area contributed by atoms with Gasteiger partial charge in [0.25, 0.3) is 0 Å². The Labute approximate surface area is 188 Å². The number of fused-ring (bicyclic) bond motifs is 1. The van der Waals surface area contributed by atoms with Crippen molar-refractivity contribution in [3.8, 4) is 11.3 Å². The van der Waals surface area contributed by atoms with Gasteiger partial charge >= 0.3 is 6.09 Å². The highest BCUT2D eigenvalue weighted by Crippen LogP contribution is 2.34. The summed E-state index contributed by atoms with van der Waals surface area (Å²) in [6.07, 6.45) is 3.04. The quantitative estimate of drug-likeness (QED) is 0.615. The Morgan fingerprint density at radius 3 is 2.66 bits per heavy atom. The summed E-state index contributed by atoms with van der Waals surface area (Å²) in [6, 6.07) is 11.8. The van der Waals surface area contributed by atoms with E-state index in [4.69, 9.17) is 9.72 Å². The van der Waals surface area contributed by atoms with Crippen LogP contribution in [0.25, 0.3) is 22.0 Å². The number of carbonyl (C=O) groups excluding carboxylic acids is 2. The molecule has 1 unspecified atom stereocenters. The molecule has 1 aliphatic rings. The number of hydrogen-bond acceptors (Lipinski definition) is 4. The van der Waals surface area contributed by atoms with Crippen molar-refractivity contribution in [1.82, 2.24) is 20.2 Å². The fraction of sp³-hybridized carbons (Fsp3) is 0.400. The zero-order valence-electron chi connectivity index (χ0n) is 19.0. The Morgan fingerprint density at radius 2 is 1.94 bits per heavy atom. The predicted molar refractivity (Wildman–Crippen MR) is 124 cm³/mol. The summed E-state index contributed by atoms with van der Waals surface area (Å²) in [5.74, 6) is 0.608. The number of nitrogens with zero attached hydrogens (tertiary/aromatic N) is 2. The lowest BCUT2D eigenvalue weighted by atomic mass is 9.99. The number of aryl methyl sites for hydroxylation is 1. The number of hydrogen-bond donors (Lipinski definition) is 2. The van der Waals surface area contributed by atoms with E-state index in [0.717, 1.165) is 35.3 Å². The van der Waals surface area contributed by atoms with Gasteiger partial charge in [-0.15, -0.1) is 0 Å². The second-order valence-corrected chi connectivity index (χ2v) is 8.69. The van der Waals surface area contributed by atoms with Crippen molar-refractivity contribution < 1.29 is 14.3 Å². The van der Waals surface area contributed by atoms with Gasteiger partial charge in [0.2, 0.25) is 5.91 Å². The van der Waals surface area contributed by atoms with Crippen molar-refractivity contribution in [3.63, 3.8) is 0 Å². The van der Waals surface area contributed by atoms with E-state index in [-0.39, 0.29) is 17.9 Å². The molecule has 0 spiro atoms. The van der Waals surface area contributed by atoms with Crippen molar-refractivity contribution >= 4 is 22.8 Å². The van der Waals surface area contributed by atoms with Gasteiger partial charge in [0.15, 0.2) is 0 Å². The number of H-pyrrole nitrogens is 1. The van der Waals surface area contributed by atoms with Gasteiger partial charge in [0, 0.05) is 18.3 Å². The first-order valence-electron chi connectivity index (χ1n) is 11.1. The van der Waals surface area contributed by atoms with Gasteiger partial charge in [-0.05, 0) is 42.0 Å². The number of carbonyl (C=O) groups is 2. The molecule has 0 radical (unpaired) electrons. The molecular weight excluding hydrogens is 404 g/mol. The third-order valence-corrected chi connectivity index (χ3v) is 6.26. The van der Waals surface area contributed by atoms with E-state index in [9.17, 15) is 9.59 Å². The Kier molecular flexibility index (Phi) is 6.17. The van der Waals surface area contributed by atoms with Crippen LogP contribution in [-0.2, 0) is 9.53 Å². The summed E-state index contributed by atoms with van der Waals surface area (Å²) in [5.41, 5.74) is 3.16. The molecule has 2 heterocycles. The van der Waals surface area contributed by atoms with Gasteiger partial charge in [-0.3, -0.25) is 4.79 Å². The van der Waals surface area contributed by atoms with Crippen LogP contribution in [0.15, 0.2) is 42.6 Å². The summed E-state index contributed by atoms with van der Waals surface area (Å²) in [5, 5.41) is 5.06. The molecule has 2 aromatic carbocycles. The van der Waals surface area contributed by atoms with Crippen LogP contribution in [0.2, 0.25) is 0 Å². The van der Waals surface area contributed by atoms with Crippen molar-refractivity contribution in [2.24, 2.45) is 5.92 Å². The monoisotopic (exact) mass is 434 g/mol. The van der Waals surface area contributed by atoms with Crippen LogP contribution < -0.4 is 5.32 Å². The van der Waals surface area contributed by atoms with E-state index >= 15 is 0 Å². The van der Waals surface area contributed by atoms with Crippen LogP contribution in [0.4, 0.5) is 4.79 Å². The van der Waals surface area contributed by atoms with E-state index in [1.165, 1.54) is 18.1 Å². The highest BCUT2D eigenvalue weighted by atomic mass is 16.5. The maximum absolute atomic E-state index is 13.3. The Hall–Kier alpha value is -3.35. The fourth-order valence-corrected chi connectivity index (χ4v) is 4.51. The minimum absolute atomic E-state index is 0.0612. The topological polar surface area (TPSA) is 87.3 Å². The third kappa shape index (κ3) is 4.07. The Morgan fingerprint density at radius 1 is 1.19 bits per heavy atom. The molecule has 1 aromatic heterocycles. The molecule has 1 saturated heterocycles. The minimum Gasteiger partial charge on any atom is -0.453 e. The summed E-state index contributed by atoms with van der Waals surface area (Å²) >= 11 is 0. The number of alkyl carbamates (subject to hydrolysis) is 1. The van der Waals surface area contributed by atoms with Crippen LogP contribution in [0.3, 0.4) is 0 Å². The standard InChI is InChI=1S/C25H30N4O3/c1-15(2)22(28-25(31)32-4)24(30)29-13-7-10-21(29)23-26-14-20(27-23)19-12-11-16(3)17-8-5-6-9-18(17)19/h5-6,8-9,11-12,14-15,21-22H,7,10,13H2,1-4H3,(H,26,27)(H,28,31)/t21-,22?/m0/s1. The highest BCUT2D eigenvalue weighted by Gasteiger charge is 2.37. The molecule has 0 saturated carbocycles. The number of methoxy groups -OCH3 is 1. The van der Waals surface area contributed by atoms with E-state index in [1.54, 1.807) is 0 Å². The Bertz CT molecular complexity index is 1140. The fourth-order valence-electron chi connectivity index (χ4n) is 4.51. The molecule has 7 nitrogen and oxygen atoms in total. The lowest BCUT2D eigenvalue weighted by molar-refractivity contribution is -0.135. The number of imidazole rings is 1. The van der Waals surface area contributed by atoms with Crippen molar-refractivity contribution in [1.29, 1.82) is 0 Å². The molecule has 4 rings (SSSR count). The SMILES string of the molecule is COC(=O)NC(C(=O)N1CCC[C@H]1c1nc(-c2ccc(C)c3ccccc23)c[nH]1)C(C)C. The lowest BCUT2D eigenvalue weighted by Crippen LogP contribution is -2.51. The number of aromatic nitrogens is 2. The average Bonchev–Trinajstić information content (AvgIpc) is 3.46. The molecule has 1 aliphatic heterocycles. The first-order chi connectivity index (χ1) is 15.4. The molecule has 2 amide bonds. The lowest BCUT2D eigenvalue weighted by Gasteiger charge is -2.29. The van der Waals surface area contributed by atoms with Crippen LogP contribution >= 0.6 is 0 Å². The number of aromatic amines is 1. The molecule has 2 N–H and O–H groups in total. The zero-order valence-corrected chi connectivity index (χ0v) is 19.0. The van der Waals surface area contributed by atoms with E-state index < -0.39 is 12.1 Å². The molecule has 0 aliphatic carbocycles. The van der Waals surface area contributed by atoms with Crippen LogP contribution in [0, 0.1) is 12.8 Å². The normalized spacial score (nSPS) is 17.0.